The van der Waals surface area contributed by atoms with Crippen molar-refractivity contribution in [1.29, 1.82) is 0 Å². The fourth-order valence-electron chi connectivity index (χ4n) is 4.05. The average molecular weight is 418 g/mol. The van der Waals surface area contributed by atoms with E-state index >= 15 is 0 Å². The van der Waals surface area contributed by atoms with Crippen LogP contribution in [0.5, 0.6) is 11.5 Å². The summed E-state index contributed by atoms with van der Waals surface area (Å²) in [6.45, 7) is 5.76. The number of allylic oxidation sites excluding steroid dienone is 3. The number of rotatable bonds is 4. The maximum absolute atomic E-state index is 13.1. The van der Waals surface area contributed by atoms with Crippen LogP contribution in [0.1, 0.15) is 57.9 Å². The van der Waals surface area contributed by atoms with E-state index in [-0.39, 0.29) is 18.7 Å². The van der Waals surface area contributed by atoms with E-state index in [9.17, 15) is 9.59 Å². The molecule has 154 valence electrons. The van der Waals surface area contributed by atoms with Crippen LogP contribution in [-0.4, -0.2) is 24.6 Å². The summed E-state index contributed by atoms with van der Waals surface area (Å²) in [5.74, 6) is 0.103. The Labute approximate surface area is 174 Å². The number of Topliss-reactive ketones (excluding diaryl/α,β-unsaturated/α-hetero) is 1. The Kier molecular flexibility index (Phi) is 5.30. The number of fused-ring (bicyclic) bond motifs is 1. The summed E-state index contributed by atoms with van der Waals surface area (Å²) in [5.41, 5.74) is 3.21. The quantitative estimate of drug-likeness (QED) is 0.733. The summed E-state index contributed by atoms with van der Waals surface area (Å²) in [5, 5.41) is 3.71. The number of halogens is 1. The molecule has 2 atom stereocenters. The molecule has 29 heavy (non-hydrogen) atoms. The van der Waals surface area contributed by atoms with Gasteiger partial charge < -0.3 is 19.5 Å². The summed E-state index contributed by atoms with van der Waals surface area (Å²) in [6.07, 6.45) is 2.46. The number of dihydropyridines is 1. The highest BCUT2D eigenvalue weighted by Crippen LogP contribution is 2.48. The Bertz CT molecular complexity index is 949. The van der Waals surface area contributed by atoms with Crippen LogP contribution in [-0.2, 0) is 14.3 Å². The lowest BCUT2D eigenvalue weighted by Gasteiger charge is -2.34. The van der Waals surface area contributed by atoms with Crippen LogP contribution in [0, 0.1) is 0 Å². The first kappa shape index (κ1) is 19.8. The zero-order chi connectivity index (χ0) is 20.7. The molecule has 0 saturated carbocycles. The molecular weight excluding hydrogens is 394 g/mol. The summed E-state index contributed by atoms with van der Waals surface area (Å²) in [7, 11) is 0. The standard InChI is InChI=1S/C22H24ClNO5/c1-4-11(2)29-22(26)19-12(3)24-15-6-5-7-16(25)21(15)20(19)13-8-17-18(9-14(13)23)28-10-27-17/h8-9,11,20,24H,4-7,10H2,1-3H3/t11-,20-/m0/s1. The monoisotopic (exact) mass is 417 g/mol. The molecule has 1 aromatic carbocycles. The first-order valence-corrected chi connectivity index (χ1v) is 10.3. The third-order valence-electron chi connectivity index (χ3n) is 5.68. The van der Waals surface area contributed by atoms with Gasteiger partial charge in [0.2, 0.25) is 6.79 Å². The van der Waals surface area contributed by atoms with Crippen LogP contribution >= 0.6 is 11.6 Å². The van der Waals surface area contributed by atoms with Gasteiger partial charge in [-0.3, -0.25) is 4.79 Å². The Morgan fingerprint density at radius 1 is 1.31 bits per heavy atom. The summed E-state index contributed by atoms with van der Waals surface area (Å²) in [4.78, 5) is 26.1. The van der Waals surface area contributed by atoms with Crippen LogP contribution in [0.2, 0.25) is 5.02 Å². The highest BCUT2D eigenvalue weighted by molar-refractivity contribution is 6.32. The Balaban J connectivity index is 1.86. The Morgan fingerprint density at radius 2 is 2.03 bits per heavy atom. The molecule has 0 amide bonds. The van der Waals surface area contributed by atoms with E-state index in [0.717, 1.165) is 18.5 Å². The molecule has 2 heterocycles. The fourth-order valence-corrected chi connectivity index (χ4v) is 4.31. The fraction of sp³-hybridized carbons (Fsp3) is 0.455. The van der Waals surface area contributed by atoms with Gasteiger partial charge in [-0.1, -0.05) is 18.5 Å². The summed E-state index contributed by atoms with van der Waals surface area (Å²) >= 11 is 6.61. The maximum atomic E-state index is 13.1. The van der Waals surface area contributed by atoms with Gasteiger partial charge in [-0.05, 0) is 44.7 Å². The van der Waals surface area contributed by atoms with Crippen LogP contribution in [0.15, 0.2) is 34.7 Å². The largest absolute Gasteiger partial charge is 0.459 e. The number of ether oxygens (including phenoxy) is 3. The van der Waals surface area contributed by atoms with Crippen LogP contribution in [0.3, 0.4) is 0 Å². The number of benzene rings is 1. The molecule has 0 radical (unpaired) electrons. The molecule has 0 saturated heterocycles. The second kappa shape index (κ2) is 7.75. The number of esters is 1. The second-order valence-electron chi connectivity index (χ2n) is 7.62. The Morgan fingerprint density at radius 3 is 2.76 bits per heavy atom. The molecular formula is C22H24ClNO5. The molecule has 0 unspecified atom stereocenters. The van der Waals surface area contributed by atoms with Crippen molar-refractivity contribution in [2.75, 3.05) is 6.79 Å². The van der Waals surface area contributed by atoms with E-state index in [2.05, 4.69) is 5.32 Å². The van der Waals surface area contributed by atoms with E-state index in [1.807, 2.05) is 20.8 Å². The van der Waals surface area contributed by atoms with E-state index in [1.165, 1.54) is 0 Å². The zero-order valence-electron chi connectivity index (χ0n) is 16.8. The van der Waals surface area contributed by atoms with Gasteiger partial charge in [-0.25, -0.2) is 4.79 Å². The lowest BCUT2D eigenvalue weighted by atomic mass is 9.75. The van der Waals surface area contributed by atoms with Crippen molar-refractivity contribution in [2.24, 2.45) is 0 Å². The minimum absolute atomic E-state index is 0.0267. The predicted molar refractivity (Wildman–Crippen MR) is 108 cm³/mol. The van der Waals surface area contributed by atoms with E-state index in [0.29, 0.717) is 51.8 Å². The first-order chi connectivity index (χ1) is 13.9. The van der Waals surface area contributed by atoms with Crippen molar-refractivity contribution < 1.29 is 23.8 Å². The molecule has 0 spiro atoms. The molecule has 0 bridgehead atoms. The lowest BCUT2D eigenvalue weighted by Crippen LogP contribution is -2.35. The number of hydrogen-bond acceptors (Lipinski definition) is 6. The van der Waals surface area contributed by atoms with Crippen molar-refractivity contribution in [1.82, 2.24) is 5.32 Å². The molecule has 3 aliphatic rings. The predicted octanol–water partition coefficient (Wildman–Crippen LogP) is 4.38. The first-order valence-electron chi connectivity index (χ1n) is 9.94. The van der Waals surface area contributed by atoms with Gasteiger partial charge in [0.15, 0.2) is 17.3 Å². The van der Waals surface area contributed by atoms with Crippen molar-refractivity contribution in [3.63, 3.8) is 0 Å². The minimum Gasteiger partial charge on any atom is -0.459 e. The molecule has 2 aliphatic heterocycles. The highest BCUT2D eigenvalue weighted by Gasteiger charge is 2.41. The smallest absolute Gasteiger partial charge is 0.337 e. The van der Waals surface area contributed by atoms with E-state index in [1.54, 1.807) is 12.1 Å². The SMILES string of the molecule is CC[C@H](C)OC(=O)C1=C(C)NC2=C(C(=O)CCC2)[C@H]1c1cc2c(cc1Cl)OCO2. The van der Waals surface area contributed by atoms with Gasteiger partial charge in [0.1, 0.15) is 0 Å². The molecule has 4 rings (SSSR count). The van der Waals surface area contributed by atoms with Gasteiger partial charge in [0, 0.05) is 40.4 Å². The average Bonchev–Trinajstić information content (AvgIpc) is 3.13. The third kappa shape index (κ3) is 3.50. The molecule has 0 aromatic heterocycles. The van der Waals surface area contributed by atoms with Gasteiger partial charge in [0.05, 0.1) is 11.7 Å². The maximum Gasteiger partial charge on any atom is 0.337 e. The molecule has 0 fully saturated rings. The summed E-state index contributed by atoms with van der Waals surface area (Å²) < 4.78 is 16.6. The third-order valence-corrected chi connectivity index (χ3v) is 6.01. The van der Waals surface area contributed by atoms with E-state index in [4.69, 9.17) is 25.8 Å². The van der Waals surface area contributed by atoms with Crippen molar-refractivity contribution in [2.45, 2.75) is 58.5 Å². The van der Waals surface area contributed by atoms with Gasteiger partial charge in [0.25, 0.3) is 0 Å². The van der Waals surface area contributed by atoms with Gasteiger partial charge in [-0.15, -0.1) is 0 Å². The number of carbonyl (C=O) groups is 2. The second-order valence-corrected chi connectivity index (χ2v) is 8.02. The molecule has 1 aliphatic carbocycles. The molecule has 1 aromatic rings. The highest BCUT2D eigenvalue weighted by atomic mass is 35.5. The Hall–Kier alpha value is -2.47. The van der Waals surface area contributed by atoms with Crippen molar-refractivity contribution >= 4 is 23.4 Å². The summed E-state index contributed by atoms with van der Waals surface area (Å²) in [6, 6.07) is 3.46. The van der Waals surface area contributed by atoms with Crippen LogP contribution in [0.4, 0.5) is 0 Å². The normalized spacial score (nSPS) is 21.7. The van der Waals surface area contributed by atoms with Crippen molar-refractivity contribution in [3.8, 4) is 11.5 Å². The number of ketones is 1. The minimum atomic E-state index is -0.599. The van der Waals surface area contributed by atoms with Gasteiger partial charge in [-0.2, -0.15) is 0 Å². The molecule has 1 N–H and O–H groups in total. The number of hydrogen-bond donors (Lipinski definition) is 1. The van der Waals surface area contributed by atoms with Crippen LogP contribution < -0.4 is 14.8 Å². The topological polar surface area (TPSA) is 73.9 Å². The number of carbonyl (C=O) groups excluding carboxylic acids is 2. The molecule has 7 heteroatoms. The van der Waals surface area contributed by atoms with E-state index < -0.39 is 11.9 Å². The molecule has 6 nitrogen and oxygen atoms in total. The van der Waals surface area contributed by atoms with Crippen LogP contribution in [0.25, 0.3) is 0 Å². The zero-order valence-corrected chi connectivity index (χ0v) is 17.5. The van der Waals surface area contributed by atoms with Gasteiger partial charge >= 0.3 is 5.97 Å². The lowest BCUT2D eigenvalue weighted by molar-refractivity contribution is -0.144. The van der Waals surface area contributed by atoms with Crippen molar-refractivity contribution in [3.05, 3.63) is 45.3 Å². The number of nitrogens with one attached hydrogen (secondary N) is 1.